The Hall–Kier alpha value is 0.220. The number of hydrogen-bond acceptors (Lipinski definition) is 0. The van der Waals surface area contributed by atoms with Gasteiger partial charge in [0.15, 0.2) is 0 Å². The molecule has 0 bridgehead atoms. The van der Waals surface area contributed by atoms with E-state index in [2.05, 4.69) is 35.9 Å². The lowest BCUT2D eigenvalue weighted by molar-refractivity contribution is 1.13. The molecule has 0 rings (SSSR count). The molecule has 1 atom stereocenters. The third kappa shape index (κ3) is 2.86. The minimum Gasteiger partial charge on any atom is -0.0876 e. The molecular formula is C6H11Br. The van der Waals surface area contributed by atoms with Gasteiger partial charge in [0.1, 0.15) is 0 Å². The largest absolute Gasteiger partial charge is 0.0876 e. The van der Waals surface area contributed by atoms with Crippen molar-refractivity contribution in [2.45, 2.75) is 25.6 Å². The van der Waals surface area contributed by atoms with Gasteiger partial charge in [-0.05, 0) is 20.8 Å². The molecule has 0 spiro atoms. The smallest absolute Gasteiger partial charge is 0.0323 e. The van der Waals surface area contributed by atoms with Crippen LogP contribution in [0.25, 0.3) is 0 Å². The van der Waals surface area contributed by atoms with Gasteiger partial charge in [-0.15, -0.1) is 0 Å². The molecule has 0 radical (unpaired) electrons. The molecule has 0 nitrogen and oxygen atoms in total. The fourth-order valence-electron chi connectivity index (χ4n) is 0.230. The molecule has 0 saturated carbocycles. The van der Waals surface area contributed by atoms with Gasteiger partial charge in [0.2, 0.25) is 0 Å². The first-order chi connectivity index (χ1) is 3.18. The highest BCUT2D eigenvalue weighted by Crippen LogP contribution is 2.08. The summed E-state index contributed by atoms with van der Waals surface area (Å²) in [5.74, 6) is 0. The molecule has 0 heterocycles. The van der Waals surface area contributed by atoms with E-state index >= 15 is 0 Å². The third-order valence-electron chi connectivity index (χ3n) is 1.08. The summed E-state index contributed by atoms with van der Waals surface area (Å²) >= 11 is 3.43. The highest BCUT2D eigenvalue weighted by atomic mass is 79.9. The van der Waals surface area contributed by atoms with Crippen LogP contribution in [0.1, 0.15) is 20.8 Å². The van der Waals surface area contributed by atoms with Crippen LogP contribution in [0.4, 0.5) is 0 Å². The molecule has 1 heteroatoms. The van der Waals surface area contributed by atoms with Crippen molar-refractivity contribution in [2.75, 3.05) is 0 Å². The standard InChI is InChI=1S/C6H11Br/c1-4-5(2)6(3)7/h4,6H,1-3H3. The predicted octanol–water partition coefficient (Wildman–Crippen LogP) is 2.74. The van der Waals surface area contributed by atoms with E-state index in [0.29, 0.717) is 4.83 Å². The summed E-state index contributed by atoms with van der Waals surface area (Å²) in [5, 5.41) is 0. The summed E-state index contributed by atoms with van der Waals surface area (Å²) in [6, 6.07) is 0. The van der Waals surface area contributed by atoms with Crippen molar-refractivity contribution < 1.29 is 0 Å². The summed E-state index contributed by atoms with van der Waals surface area (Å²) in [5.41, 5.74) is 1.39. The van der Waals surface area contributed by atoms with Crippen molar-refractivity contribution in [3.63, 3.8) is 0 Å². The number of halogens is 1. The topological polar surface area (TPSA) is 0 Å². The molecule has 42 valence electrons. The maximum absolute atomic E-state index is 3.43. The van der Waals surface area contributed by atoms with E-state index in [9.17, 15) is 0 Å². The number of alkyl halides is 1. The van der Waals surface area contributed by atoms with Gasteiger partial charge < -0.3 is 0 Å². The Morgan fingerprint density at radius 3 is 2.14 bits per heavy atom. The summed E-state index contributed by atoms with van der Waals surface area (Å²) in [6.07, 6.45) is 2.11. The molecule has 0 aliphatic rings. The second-order valence-corrected chi connectivity index (χ2v) is 3.02. The highest BCUT2D eigenvalue weighted by Gasteiger charge is 1.92. The lowest BCUT2D eigenvalue weighted by Gasteiger charge is -1.98. The minimum atomic E-state index is 0.539. The Morgan fingerprint density at radius 1 is 1.71 bits per heavy atom. The molecule has 0 aliphatic heterocycles. The van der Waals surface area contributed by atoms with Gasteiger partial charge in [0.25, 0.3) is 0 Å². The van der Waals surface area contributed by atoms with Crippen molar-refractivity contribution in [1.82, 2.24) is 0 Å². The van der Waals surface area contributed by atoms with Crippen LogP contribution in [0.15, 0.2) is 11.6 Å². The zero-order valence-corrected chi connectivity index (χ0v) is 6.62. The Morgan fingerprint density at radius 2 is 2.14 bits per heavy atom. The van der Waals surface area contributed by atoms with Crippen LogP contribution in [0.3, 0.4) is 0 Å². The van der Waals surface area contributed by atoms with Crippen molar-refractivity contribution in [3.8, 4) is 0 Å². The average molecular weight is 163 g/mol. The molecule has 0 aromatic rings. The van der Waals surface area contributed by atoms with E-state index in [-0.39, 0.29) is 0 Å². The van der Waals surface area contributed by atoms with Gasteiger partial charge in [-0.3, -0.25) is 0 Å². The van der Waals surface area contributed by atoms with E-state index in [0.717, 1.165) is 0 Å². The van der Waals surface area contributed by atoms with Gasteiger partial charge in [-0.25, -0.2) is 0 Å². The van der Waals surface area contributed by atoms with Crippen LogP contribution >= 0.6 is 15.9 Å². The first kappa shape index (κ1) is 7.22. The molecule has 0 saturated heterocycles. The SMILES string of the molecule is CC=C(C)C(C)Br. The quantitative estimate of drug-likeness (QED) is 0.411. The van der Waals surface area contributed by atoms with E-state index in [4.69, 9.17) is 0 Å². The molecular weight excluding hydrogens is 152 g/mol. The minimum absolute atomic E-state index is 0.539. The normalized spacial score (nSPS) is 16.9. The predicted molar refractivity (Wildman–Crippen MR) is 37.8 cm³/mol. The molecule has 7 heavy (non-hydrogen) atoms. The Balaban J connectivity index is 3.56. The highest BCUT2D eigenvalue weighted by molar-refractivity contribution is 9.09. The summed E-state index contributed by atoms with van der Waals surface area (Å²) < 4.78 is 0. The van der Waals surface area contributed by atoms with Crippen LogP contribution < -0.4 is 0 Å². The van der Waals surface area contributed by atoms with Gasteiger partial charge >= 0.3 is 0 Å². The average Bonchev–Trinajstić information content (AvgIpc) is 1.65. The lowest BCUT2D eigenvalue weighted by Crippen LogP contribution is -1.88. The molecule has 0 aromatic heterocycles. The van der Waals surface area contributed by atoms with Crippen LogP contribution in [-0.4, -0.2) is 4.83 Å². The van der Waals surface area contributed by atoms with Crippen LogP contribution in [-0.2, 0) is 0 Å². The van der Waals surface area contributed by atoms with Gasteiger partial charge in [0, 0.05) is 4.83 Å². The Kier molecular flexibility index (Phi) is 3.35. The molecule has 0 aliphatic carbocycles. The summed E-state index contributed by atoms with van der Waals surface area (Å²) in [4.78, 5) is 0.539. The number of hydrogen-bond donors (Lipinski definition) is 0. The second kappa shape index (κ2) is 3.25. The van der Waals surface area contributed by atoms with Gasteiger partial charge in [-0.1, -0.05) is 27.6 Å². The number of allylic oxidation sites excluding steroid dienone is 2. The van der Waals surface area contributed by atoms with E-state index < -0.39 is 0 Å². The molecule has 0 N–H and O–H groups in total. The van der Waals surface area contributed by atoms with E-state index in [1.165, 1.54) is 5.57 Å². The summed E-state index contributed by atoms with van der Waals surface area (Å²) in [6.45, 7) is 6.28. The fourth-order valence-corrected chi connectivity index (χ4v) is 0.494. The summed E-state index contributed by atoms with van der Waals surface area (Å²) in [7, 11) is 0. The third-order valence-corrected chi connectivity index (χ3v) is 1.80. The Labute approximate surface area is 53.7 Å². The molecule has 0 fully saturated rings. The first-order valence-electron chi connectivity index (χ1n) is 2.45. The fraction of sp³-hybridized carbons (Fsp3) is 0.667. The van der Waals surface area contributed by atoms with Crippen molar-refractivity contribution in [2.24, 2.45) is 0 Å². The van der Waals surface area contributed by atoms with E-state index in [1.54, 1.807) is 0 Å². The van der Waals surface area contributed by atoms with Crippen LogP contribution in [0.2, 0.25) is 0 Å². The number of rotatable bonds is 1. The van der Waals surface area contributed by atoms with Crippen LogP contribution in [0, 0.1) is 0 Å². The molecule has 0 aromatic carbocycles. The monoisotopic (exact) mass is 162 g/mol. The Bertz CT molecular complexity index is 72.2. The first-order valence-corrected chi connectivity index (χ1v) is 3.37. The second-order valence-electron chi connectivity index (χ2n) is 1.65. The van der Waals surface area contributed by atoms with Crippen molar-refractivity contribution >= 4 is 15.9 Å². The van der Waals surface area contributed by atoms with Crippen LogP contribution in [0.5, 0.6) is 0 Å². The zero-order valence-electron chi connectivity index (χ0n) is 5.03. The van der Waals surface area contributed by atoms with Gasteiger partial charge in [0.05, 0.1) is 0 Å². The zero-order chi connectivity index (χ0) is 5.86. The maximum Gasteiger partial charge on any atom is 0.0323 e. The molecule has 1 unspecified atom stereocenters. The molecule has 0 amide bonds. The van der Waals surface area contributed by atoms with Crippen molar-refractivity contribution in [3.05, 3.63) is 11.6 Å². The van der Waals surface area contributed by atoms with E-state index in [1.807, 2.05) is 6.92 Å². The maximum atomic E-state index is 3.43. The lowest BCUT2D eigenvalue weighted by atomic mass is 10.2. The van der Waals surface area contributed by atoms with Crippen molar-refractivity contribution in [1.29, 1.82) is 0 Å². The van der Waals surface area contributed by atoms with Gasteiger partial charge in [-0.2, -0.15) is 0 Å².